The molecule has 1 heterocycles. The molecule has 0 bridgehead atoms. The molecule has 19 heavy (non-hydrogen) atoms. The summed E-state index contributed by atoms with van der Waals surface area (Å²) in [4.78, 5) is 0. The maximum absolute atomic E-state index is 13.2. The minimum absolute atomic E-state index is 0.289. The number of hydrogen-bond acceptors (Lipinski definition) is 2. The van der Waals surface area contributed by atoms with E-state index < -0.39 is 0 Å². The van der Waals surface area contributed by atoms with E-state index >= 15 is 0 Å². The van der Waals surface area contributed by atoms with Crippen molar-refractivity contribution in [3.05, 3.63) is 58.4 Å². The number of fused-ring (bicyclic) bond motifs is 1. The van der Waals surface area contributed by atoms with Crippen molar-refractivity contribution in [2.24, 2.45) is 0 Å². The SMILES string of the molecule is Fc1ccc(Cl)c(NCc2cccc3c2NCC3)c1. The molecule has 4 heteroatoms. The molecule has 0 fully saturated rings. The fourth-order valence-electron chi connectivity index (χ4n) is 2.38. The van der Waals surface area contributed by atoms with Crippen molar-refractivity contribution in [3.63, 3.8) is 0 Å². The fourth-order valence-corrected chi connectivity index (χ4v) is 2.57. The number of hydrogen-bond donors (Lipinski definition) is 2. The summed E-state index contributed by atoms with van der Waals surface area (Å²) in [6, 6.07) is 10.6. The average Bonchev–Trinajstić information content (AvgIpc) is 2.88. The molecule has 0 unspecified atom stereocenters. The molecule has 3 rings (SSSR count). The number of halogens is 2. The molecule has 1 aliphatic heterocycles. The Kier molecular flexibility index (Phi) is 3.30. The zero-order valence-electron chi connectivity index (χ0n) is 10.3. The van der Waals surface area contributed by atoms with E-state index in [4.69, 9.17) is 11.6 Å². The number of para-hydroxylation sites is 1. The highest BCUT2D eigenvalue weighted by Crippen LogP contribution is 2.28. The van der Waals surface area contributed by atoms with Gasteiger partial charge in [0.25, 0.3) is 0 Å². The van der Waals surface area contributed by atoms with Gasteiger partial charge in [0, 0.05) is 18.8 Å². The second kappa shape index (κ2) is 5.10. The Hall–Kier alpha value is -1.74. The lowest BCUT2D eigenvalue weighted by Gasteiger charge is -2.12. The first-order chi connectivity index (χ1) is 9.24. The van der Waals surface area contributed by atoms with E-state index in [2.05, 4.69) is 28.8 Å². The molecule has 2 nitrogen and oxygen atoms in total. The van der Waals surface area contributed by atoms with Crippen molar-refractivity contribution in [3.8, 4) is 0 Å². The van der Waals surface area contributed by atoms with E-state index in [1.165, 1.54) is 28.9 Å². The summed E-state index contributed by atoms with van der Waals surface area (Å²) in [7, 11) is 0. The number of anilines is 2. The smallest absolute Gasteiger partial charge is 0.125 e. The van der Waals surface area contributed by atoms with Gasteiger partial charge in [0.2, 0.25) is 0 Å². The minimum Gasteiger partial charge on any atom is -0.384 e. The van der Waals surface area contributed by atoms with Crippen LogP contribution < -0.4 is 10.6 Å². The average molecular weight is 277 g/mol. The molecule has 0 amide bonds. The van der Waals surface area contributed by atoms with E-state index in [-0.39, 0.29) is 5.82 Å². The highest BCUT2D eigenvalue weighted by atomic mass is 35.5. The lowest BCUT2D eigenvalue weighted by Crippen LogP contribution is -2.03. The topological polar surface area (TPSA) is 24.1 Å². The Morgan fingerprint density at radius 3 is 3.05 bits per heavy atom. The van der Waals surface area contributed by atoms with Crippen LogP contribution in [0.3, 0.4) is 0 Å². The van der Waals surface area contributed by atoms with Crippen molar-refractivity contribution in [1.29, 1.82) is 0 Å². The molecule has 2 N–H and O–H groups in total. The Balaban J connectivity index is 1.80. The molecule has 0 radical (unpaired) electrons. The summed E-state index contributed by atoms with van der Waals surface area (Å²) in [6.45, 7) is 1.60. The largest absolute Gasteiger partial charge is 0.384 e. The van der Waals surface area contributed by atoms with Gasteiger partial charge in [0.05, 0.1) is 10.7 Å². The molecular weight excluding hydrogens is 263 g/mol. The van der Waals surface area contributed by atoms with Gasteiger partial charge in [0.1, 0.15) is 5.82 Å². The van der Waals surface area contributed by atoms with Gasteiger partial charge >= 0.3 is 0 Å². The first-order valence-corrected chi connectivity index (χ1v) is 6.65. The lowest BCUT2D eigenvalue weighted by molar-refractivity contribution is 0.628. The quantitative estimate of drug-likeness (QED) is 0.883. The normalized spacial score (nSPS) is 12.9. The van der Waals surface area contributed by atoms with Crippen LogP contribution in [-0.2, 0) is 13.0 Å². The first-order valence-electron chi connectivity index (χ1n) is 6.27. The van der Waals surface area contributed by atoms with Crippen LogP contribution >= 0.6 is 11.6 Å². The Morgan fingerprint density at radius 2 is 2.16 bits per heavy atom. The van der Waals surface area contributed by atoms with Crippen LogP contribution in [0.25, 0.3) is 0 Å². The number of rotatable bonds is 3. The standard InChI is InChI=1S/C15H14ClFN2/c16-13-5-4-12(17)8-14(13)19-9-11-3-1-2-10-6-7-18-15(10)11/h1-5,8,18-19H,6-7,9H2. The van der Waals surface area contributed by atoms with Crippen LogP contribution in [-0.4, -0.2) is 6.54 Å². The molecule has 0 aromatic heterocycles. The van der Waals surface area contributed by atoms with Crippen LogP contribution in [0.1, 0.15) is 11.1 Å². The summed E-state index contributed by atoms with van der Waals surface area (Å²) >= 11 is 6.03. The van der Waals surface area contributed by atoms with Crippen molar-refractivity contribution in [1.82, 2.24) is 0 Å². The van der Waals surface area contributed by atoms with Gasteiger partial charge in [0.15, 0.2) is 0 Å². The molecule has 2 aromatic carbocycles. The molecular formula is C15H14ClFN2. The second-order valence-corrected chi connectivity index (χ2v) is 5.01. The molecule has 1 aliphatic rings. The summed E-state index contributed by atoms with van der Waals surface area (Å²) in [6.07, 6.45) is 1.06. The highest BCUT2D eigenvalue weighted by molar-refractivity contribution is 6.33. The van der Waals surface area contributed by atoms with Gasteiger partial charge in [-0.3, -0.25) is 0 Å². The number of nitrogens with one attached hydrogen (secondary N) is 2. The van der Waals surface area contributed by atoms with Crippen molar-refractivity contribution in [2.45, 2.75) is 13.0 Å². The van der Waals surface area contributed by atoms with Crippen molar-refractivity contribution in [2.75, 3.05) is 17.2 Å². The van der Waals surface area contributed by atoms with Crippen molar-refractivity contribution >= 4 is 23.0 Å². The molecule has 0 saturated carbocycles. The van der Waals surface area contributed by atoms with Gasteiger partial charge in [-0.05, 0) is 35.7 Å². The second-order valence-electron chi connectivity index (χ2n) is 4.61. The molecule has 2 aromatic rings. The maximum Gasteiger partial charge on any atom is 0.125 e. The molecule has 98 valence electrons. The zero-order chi connectivity index (χ0) is 13.2. The van der Waals surface area contributed by atoms with Crippen LogP contribution in [0.4, 0.5) is 15.8 Å². The van der Waals surface area contributed by atoms with Gasteiger partial charge < -0.3 is 10.6 Å². The third-order valence-corrected chi connectivity index (χ3v) is 3.66. The Morgan fingerprint density at radius 1 is 1.26 bits per heavy atom. The van der Waals surface area contributed by atoms with E-state index in [1.807, 2.05) is 0 Å². The van der Waals surface area contributed by atoms with E-state index in [0.29, 0.717) is 17.3 Å². The van der Waals surface area contributed by atoms with E-state index in [9.17, 15) is 4.39 Å². The first kappa shape index (κ1) is 12.3. The summed E-state index contributed by atoms with van der Waals surface area (Å²) in [5.41, 5.74) is 4.33. The van der Waals surface area contributed by atoms with Crippen molar-refractivity contribution < 1.29 is 4.39 Å². The minimum atomic E-state index is -0.289. The lowest BCUT2D eigenvalue weighted by atomic mass is 10.1. The van der Waals surface area contributed by atoms with Crippen LogP contribution in [0.2, 0.25) is 5.02 Å². The van der Waals surface area contributed by atoms with Gasteiger partial charge in [-0.15, -0.1) is 0 Å². The Labute approximate surface area is 116 Å². The zero-order valence-corrected chi connectivity index (χ0v) is 11.1. The fraction of sp³-hybridized carbons (Fsp3) is 0.200. The van der Waals surface area contributed by atoms with E-state index in [1.54, 1.807) is 6.07 Å². The summed E-state index contributed by atoms with van der Waals surface area (Å²) < 4.78 is 13.2. The van der Waals surface area contributed by atoms with Crippen LogP contribution in [0.15, 0.2) is 36.4 Å². The van der Waals surface area contributed by atoms with Gasteiger partial charge in [-0.1, -0.05) is 29.8 Å². The van der Waals surface area contributed by atoms with Gasteiger partial charge in [-0.2, -0.15) is 0 Å². The Bertz CT molecular complexity index is 613. The third-order valence-electron chi connectivity index (χ3n) is 3.33. The highest BCUT2D eigenvalue weighted by Gasteiger charge is 2.13. The molecule has 0 spiro atoms. The number of benzene rings is 2. The summed E-state index contributed by atoms with van der Waals surface area (Å²) in [5, 5.41) is 7.10. The monoisotopic (exact) mass is 276 g/mol. The van der Waals surface area contributed by atoms with Crippen LogP contribution in [0.5, 0.6) is 0 Å². The predicted octanol–water partition coefficient (Wildman–Crippen LogP) is 4.06. The predicted molar refractivity (Wildman–Crippen MR) is 77.4 cm³/mol. The summed E-state index contributed by atoms with van der Waals surface area (Å²) in [5.74, 6) is -0.289. The molecule has 0 aliphatic carbocycles. The van der Waals surface area contributed by atoms with E-state index in [0.717, 1.165) is 13.0 Å². The molecule has 0 atom stereocenters. The molecule has 0 saturated heterocycles. The van der Waals surface area contributed by atoms with Gasteiger partial charge in [-0.25, -0.2) is 4.39 Å². The van der Waals surface area contributed by atoms with Crippen LogP contribution in [0, 0.1) is 5.82 Å². The maximum atomic E-state index is 13.2. The third kappa shape index (κ3) is 2.51.